The molecule has 5 heteroatoms. The Morgan fingerprint density at radius 2 is 2.00 bits per heavy atom. The largest absolute Gasteiger partial charge is 0.379 e. The minimum Gasteiger partial charge on any atom is -0.379 e. The highest BCUT2D eigenvalue weighted by Gasteiger charge is 2.23. The van der Waals surface area contributed by atoms with Crippen LogP contribution in [0.15, 0.2) is 24.3 Å². The fourth-order valence-corrected chi connectivity index (χ4v) is 2.68. The zero-order valence-corrected chi connectivity index (χ0v) is 13.2. The van der Waals surface area contributed by atoms with Crippen molar-refractivity contribution in [3.8, 4) is 0 Å². The van der Waals surface area contributed by atoms with E-state index in [9.17, 15) is 4.79 Å². The number of carbonyl (C=O) groups excluding carboxylic acids is 1. The van der Waals surface area contributed by atoms with E-state index in [1.165, 1.54) is 5.56 Å². The van der Waals surface area contributed by atoms with Gasteiger partial charge in [0.25, 0.3) is 0 Å². The number of hydrogen-bond acceptors (Lipinski definition) is 3. The molecule has 1 heterocycles. The molecule has 2 rings (SSSR count). The lowest BCUT2D eigenvalue weighted by Crippen LogP contribution is -2.43. The lowest BCUT2D eigenvalue weighted by Gasteiger charge is -2.35. The van der Waals surface area contributed by atoms with Gasteiger partial charge < -0.3 is 10.1 Å². The number of halogens is 1. The molecule has 1 aromatic rings. The van der Waals surface area contributed by atoms with Crippen molar-refractivity contribution in [1.29, 1.82) is 0 Å². The first-order valence-electron chi connectivity index (χ1n) is 7.54. The van der Waals surface area contributed by atoms with Gasteiger partial charge in [-0.25, -0.2) is 0 Å². The second-order valence-corrected chi connectivity index (χ2v) is 5.71. The molecule has 0 bridgehead atoms. The normalized spacial score (nSPS) is 17.4. The number of benzene rings is 1. The molecular weight excluding hydrogens is 288 g/mol. The Balaban J connectivity index is 2.05. The second kappa shape index (κ2) is 8.37. The maximum absolute atomic E-state index is 11.7. The molecule has 4 nitrogen and oxygen atoms in total. The van der Waals surface area contributed by atoms with E-state index in [-0.39, 0.29) is 11.9 Å². The van der Waals surface area contributed by atoms with Crippen molar-refractivity contribution in [1.82, 2.24) is 10.2 Å². The summed E-state index contributed by atoms with van der Waals surface area (Å²) in [6.45, 7) is 5.90. The van der Waals surface area contributed by atoms with Crippen LogP contribution in [0, 0.1) is 0 Å². The topological polar surface area (TPSA) is 41.6 Å². The lowest BCUT2D eigenvalue weighted by molar-refractivity contribution is -0.121. The van der Waals surface area contributed by atoms with Crippen LogP contribution in [0.4, 0.5) is 0 Å². The predicted octanol–water partition coefficient (Wildman–Crippen LogP) is 2.63. The van der Waals surface area contributed by atoms with Crippen molar-refractivity contribution in [2.45, 2.75) is 25.8 Å². The van der Waals surface area contributed by atoms with Crippen LogP contribution in [0.25, 0.3) is 0 Å². The van der Waals surface area contributed by atoms with E-state index >= 15 is 0 Å². The molecular formula is C16H23ClN2O2. The SMILES string of the molecule is CCCC(=O)NCC(c1ccc(Cl)cc1)N1CCOCC1. The molecule has 0 spiro atoms. The first-order chi connectivity index (χ1) is 10.2. The number of morpholine rings is 1. The first-order valence-corrected chi connectivity index (χ1v) is 7.92. The molecule has 21 heavy (non-hydrogen) atoms. The van der Waals surface area contributed by atoms with Crippen molar-refractivity contribution in [2.24, 2.45) is 0 Å². The summed E-state index contributed by atoms with van der Waals surface area (Å²) in [7, 11) is 0. The Bertz CT molecular complexity index is 444. The average molecular weight is 311 g/mol. The van der Waals surface area contributed by atoms with Gasteiger partial charge in [-0.3, -0.25) is 9.69 Å². The summed E-state index contributed by atoms with van der Waals surface area (Å²) < 4.78 is 5.42. The monoisotopic (exact) mass is 310 g/mol. The maximum atomic E-state index is 11.7. The molecule has 1 fully saturated rings. The number of nitrogens with zero attached hydrogens (tertiary/aromatic N) is 1. The number of hydrogen-bond donors (Lipinski definition) is 1. The Kier molecular flexibility index (Phi) is 6.49. The number of carbonyl (C=O) groups is 1. The van der Waals surface area contributed by atoms with Gasteiger partial charge in [0.2, 0.25) is 5.91 Å². The van der Waals surface area contributed by atoms with E-state index in [0.717, 1.165) is 37.7 Å². The van der Waals surface area contributed by atoms with Gasteiger partial charge in [-0.15, -0.1) is 0 Å². The van der Waals surface area contributed by atoms with Crippen molar-refractivity contribution in [3.63, 3.8) is 0 Å². The van der Waals surface area contributed by atoms with Crippen LogP contribution in [-0.4, -0.2) is 43.7 Å². The van der Waals surface area contributed by atoms with E-state index < -0.39 is 0 Å². The Morgan fingerprint density at radius 1 is 1.33 bits per heavy atom. The minimum atomic E-state index is 0.115. The molecule has 1 unspecified atom stereocenters. The fourth-order valence-electron chi connectivity index (χ4n) is 2.56. The summed E-state index contributed by atoms with van der Waals surface area (Å²) in [5.41, 5.74) is 1.18. The van der Waals surface area contributed by atoms with Crippen molar-refractivity contribution in [2.75, 3.05) is 32.8 Å². The molecule has 0 radical (unpaired) electrons. The molecule has 0 aromatic heterocycles. The van der Waals surface area contributed by atoms with Gasteiger partial charge >= 0.3 is 0 Å². The summed E-state index contributed by atoms with van der Waals surface area (Å²) in [5.74, 6) is 0.115. The molecule has 1 N–H and O–H groups in total. The van der Waals surface area contributed by atoms with Gasteiger partial charge in [0.1, 0.15) is 0 Å². The number of nitrogens with one attached hydrogen (secondary N) is 1. The van der Waals surface area contributed by atoms with Crippen molar-refractivity contribution >= 4 is 17.5 Å². The van der Waals surface area contributed by atoms with Crippen molar-refractivity contribution in [3.05, 3.63) is 34.9 Å². The minimum absolute atomic E-state index is 0.115. The molecule has 1 aliphatic heterocycles. The van der Waals surface area contributed by atoms with E-state index in [2.05, 4.69) is 10.2 Å². The van der Waals surface area contributed by atoms with E-state index in [1.807, 2.05) is 31.2 Å². The first kappa shape index (κ1) is 16.3. The summed E-state index contributed by atoms with van der Waals surface area (Å²) in [4.78, 5) is 14.1. The van der Waals surface area contributed by atoms with Crippen LogP contribution in [0.2, 0.25) is 5.02 Å². The molecule has 1 amide bonds. The van der Waals surface area contributed by atoms with Gasteiger partial charge in [-0.2, -0.15) is 0 Å². The highest BCUT2D eigenvalue weighted by atomic mass is 35.5. The maximum Gasteiger partial charge on any atom is 0.220 e. The Hall–Kier alpha value is -1.10. The van der Waals surface area contributed by atoms with E-state index in [0.29, 0.717) is 13.0 Å². The molecule has 1 aliphatic rings. The van der Waals surface area contributed by atoms with Crippen molar-refractivity contribution < 1.29 is 9.53 Å². The third-order valence-corrected chi connectivity index (χ3v) is 3.96. The zero-order valence-electron chi connectivity index (χ0n) is 12.5. The Morgan fingerprint density at radius 3 is 2.62 bits per heavy atom. The Labute approximate surface area is 131 Å². The quantitative estimate of drug-likeness (QED) is 0.878. The summed E-state index contributed by atoms with van der Waals surface area (Å²) in [6, 6.07) is 8.05. The fraction of sp³-hybridized carbons (Fsp3) is 0.562. The molecule has 0 saturated carbocycles. The van der Waals surface area contributed by atoms with Gasteiger partial charge in [0.15, 0.2) is 0 Å². The van der Waals surface area contributed by atoms with Gasteiger partial charge in [-0.1, -0.05) is 30.7 Å². The van der Waals surface area contributed by atoms with Gasteiger partial charge in [-0.05, 0) is 24.1 Å². The number of amides is 1. The summed E-state index contributed by atoms with van der Waals surface area (Å²) in [6.07, 6.45) is 1.45. The summed E-state index contributed by atoms with van der Waals surface area (Å²) in [5, 5.41) is 3.77. The van der Waals surface area contributed by atoms with E-state index in [1.54, 1.807) is 0 Å². The van der Waals surface area contributed by atoms with Crippen LogP contribution in [0.3, 0.4) is 0 Å². The lowest BCUT2D eigenvalue weighted by atomic mass is 10.0. The van der Waals surface area contributed by atoms with Crippen LogP contribution in [0.1, 0.15) is 31.4 Å². The number of rotatable bonds is 6. The van der Waals surface area contributed by atoms with E-state index in [4.69, 9.17) is 16.3 Å². The highest BCUT2D eigenvalue weighted by Crippen LogP contribution is 2.23. The molecule has 1 aromatic carbocycles. The van der Waals surface area contributed by atoms with Crippen LogP contribution < -0.4 is 5.32 Å². The van der Waals surface area contributed by atoms with Crippen LogP contribution in [0.5, 0.6) is 0 Å². The third-order valence-electron chi connectivity index (χ3n) is 3.71. The molecule has 0 aliphatic carbocycles. The van der Waals surface area contributed by atoms with Gasteiger partial charge in [0.05, 0.1) is 19.3 Å². The second-order valence-electron chi connectivity index (χ2n) is 5.27. The van der Waals surface area contributed by atoms with Crippen LogP contribution >= 0.6 is 11.6 Å². The average Bonchev–Trinajstić information content (AvgIpc) is 2.50. The van der Waals surface area contributed by atoms with Crippen LogP contribution in [-0.2, 0) is 9.53 Å². The smallest absolute Gasteiger partial charge is 0.220 e. The molecule has 116 valence electrons. The standard InChI is InChI=1S/C16H23ClN2O2/c1-2-3-16(20)18-12-15(19-8-10-21-11-9-19)13-4-6-14(17)7-5-13/h4-7,15H,2-3,8-12H2,1H3,(H,18,20). The zero-order chi connectivity index (χ0) is 15.1. The predicted molar refractivity (Wildman–Crippen MR) is 84.5 cm³/mol. The third kappa shape index (κ3) is 4.99. The molecule has 1 saturated heterocycles. The van der Waals surface area contributed by atoms with Gasteiger partial charge in [0, 0.05) is 31.1 Å². The highest BCUT2D eigenvalue weighted by molar-refractivity contribution is 6.30. The summed E-state index contributed by atoms with van der Waals surface area (Å²) >= 11 is 5.97. The number of ether oxygens (including phenoxy) is 1. The molecule has 1 atom stereocenters.